The van der Waals surface area contributed by atoms with Gasteiger partial charge in [0.25, 0.3) is 0 Å². The number of benzene rings is 1. The van der Waals surface area contributed by atoms with Gasteiger partial charge in [-0.3, -0.25) is 11.3 Å². The Morgan fingerprint density at radius 3 is 2.78 bits per heavy atom. The molecule has 1 aromatic carbocycles. The molecule has 0 saturated carbocycles. The van der Waals surface area contributed by atoms with Crippen LogP contribution in [0.1, 0.15) is 10.6 Å². The van der Waals surface area contributed by atoms with E-state index in [-0.39, 0.29) is 6.04 Å². The molecule has 18 heavy (non-hydrogen) atoms. The number of nitrogens with one attached hydrogen (secondary N) is 1. The minimum absolute atomic E-state index is 0.106. The third-order valence-electron chi connectivity index (χ3n) is 2.62. The fraction of sp³-hybridized carbons (Fsp3) is 0.250. The molecular formula is C12H13Cl2N3S. The van der Waals surface area contributed by atoms with E-state index in [4.69, 9.17) is 29.0 Å². The van der Waals surface area contributed by atoms with Crippen LogP contribution in [0.15, 0.2) is 29.8 Å². The molecule has 0 aliphatic heterocycles. The number of thiazole rings is 1. The summed E-state index contributed by atoms with van der Waals surface area (Å²) in [4.78, 5) is 4.25. The minimum atomic E-state index is 0.106. The lowest BCUT2D eigenvalue weighted by Crippen LogP contribution is -2.38. The monoisotopic (exact) mass is 301 g/mol. The van der Waals surface area contributed by atoms with E-state index in [1.165, 1.54) is 0 Å². The van der Waals surface area contributed by atoms with Gasteiger partial charge in [-0.1, -0.05) is 29.3 Å². The van der Waals surface area contributed by atoms with E-state index in [1.54, 1.807) is 23.6 Å². The molecule has 0 aliphatic rings. The molecule has 2 aromatic rings. The van der Waals surface area contributed by atoms with Crippen LogP contribution in [0, 0.1) is 0 Å². The quantitative estimate of drug-likeness (QED) is 0.659. The molecule has 0 amide bonds. The molecule has 0 saturated heterocycles. The normalized spacial score (nSPS) is 12.6. The Morgan fingerprint density at radius 1 is 1.33 bits per heavy atom. The Hall–Kier alpha value is -0.650. The van der Waals surface area contributed by atoms with E-state index in [0.717, 1.165) is 23.4 Å². The van der Waals surface area contributed by atoms with Crippen molar-refractivity contribution in [3.05, 3.63) is 50.4 Å². The second-order valence-corrected chi connectivity index (χ2v) is 5.76. The van der Waals surface area contributed by atoms with Crippen molar-refractivity contribution in [2.75, 3.05) is 0 Å². The fourth-order valence-electron chi connectivity index (χ4n) is 1.71. The van der Waals surface area contributed by atoms with Crippen LogP contribution in [-0.2, 0) is 12.8 Å². The van der Waals surface area contributed by atoms with Gasteiger partial charge < -0.3 is 0 Å². The first kappa shape index (κ1) is 13.8. The molecule has 1 unspecified atom stereocenters. The molecule has 3 nitrogen and oxygen atoms in total. The molecule has 1 atom stereocenters. The van der Waals surface area contributed by atoms with Crippen LogP contribution in [0.4, 0.5) is 0 Å². The van der Waals surface area contributed by atoms with Crippen molar-refractivity contribution in [2.45, 2.75) is 18.9 Å². The fourth-order valence-corrected chi connectivity index (χ4v) is 2.89. The lowest BCUT2D eigenvalue weighted by Gasteiger charge is -2.15. The summed E-state index contributed by atoms with van der Waals surface area (Å²) >= 11 is 13.6. The third kappa shape index (κ3) is 3.67. The molecule has 0 fully saturated rings. The number of halogens is 2. The van der Waals surface area contributed by atoms with Gasteiger partial charge in [-0.05, 0) is 24.1 Å². The summed E-state index contributed by atoms with van der Waals surface area (Å²) in [5.41, 5.74) is 3.83. The number of hydrogen-bond donors (Lipinski definition) is 2. The second-order valence-electron chi connectivity index (χ2n) is 3.93. The van der Waals surface area contributed by atoms with E-state index >= 15 is 0 Å². The van der Waals surface area contributed by atoms with Crippen LogP contribution in [0.3, 0.4) is 0 Å². The van der Waals surface area contributed by atoms with Gasteiger partial charge in [-0.25, -0.2) is 4.98 Å². The lowest BCUT2D eigenvalue weighted by atomic mass is 10.0. The first-order valence-electron chi connectivity index (χ1n) is 5.47. The number of aromatic nitrogens is 1. The first-order valence-corrected chi connectivity index (χ1v) is 7.11. The molecule has 96 valence electrons. The molecular weight excluding hydrogens is 289 g/mol. The summed E-state index contributed by atoms with van der Waals surface area (Å²) < 4.78 is 0. The summed E-state index contributed by atoms with van der Waals surface area (Å²) in [5, 5.41) is 4.32. The summed E-state index contributed by atoms with van der Waals surface area (Å²) in [6.07, 6.45) is 3.32. The number of hydrazine groups is 1. The van der Waals surface area contributed by atoms with E-state index in [0.29, 0.717) is 10.0 Å². The largest absolute Gasteiger partial charge is 0.271 e. The zero-order chi connectivity index (χ0) is 13.0. The number of rotatable bonds is 5. The standard InChI is InChI=1S/C12H13Cl2N3S/c13-9-2-1-8(11(14)6-9)5-10(17-15)7-12-16-3-4-18-12/h1-4,6,10,17H,5,7,15H2. The highest BCUT2D eigenvalue weighted by Crippen LogP contribution is 2.22. The van der Waals surface area contributed by atoms with E-state index in [1.807, 2.05) is 17.5 Å². The third-order valence-corrected chi connectivity index (χ3v) is 4.01. The van der Waals surface area contributed by atoms with Crippen molar-refractivity contribution in [1.82, 2.24) is 10.4 Å². The highest BCUT2D eigenvalue weighted by atomic mass is 35.5. The summed E-state index contributed by atoms with van der Waals surface area (Å²) in [7, 11) is 0. The first-order chi connectivity index (χ1) is 8.69. The van der Waals surface area contributed by atoms with Crippen molar-refractivity contribution < 1.29 is 0 Å². The van der Waals surface area contributed by atoms with Gasteiger partial charge in [-0.15, -0.1) is 11.3 Å². The second kappa shape index (κ2) is 6.50. The summed E-state index contributed by atoms with van der Waals surface area (Å²) in [6, 6.07) is 5.61. The van der Waals surface area contributed by atoms with Crippen LogP contribution < -0.4 is 11.3 Å². The Bertz CT molecular complexity index is 502. The average molecular weight is 302 g/mol. The molecule has 6 heteroatoms. The lowest BCUT2D eigenvalue weighted by molar-refractivity contribution is 0.521. The van der Waals surface area contributed by atoms with Gasteiger partial charge in [0, 0.05) is 34.1 Å². The van der Waals surface area contributed by atoms with E-state index < -0.39 is 0 Å². The zero-order valence-electron chi connectivity index (χ0n) is 9.57. The van der Waals surface area contributed by atoms with Crippen LogP contribution in [0.5, 0.6) is 0 Å². The maximum absolute atomic E-state index is 6.15. The van der Waals surface area contributed by atoms with Gasteiger partial charge in [-0.2, -0.15) is 0 Å². The summed E-state index contributed by atoms with van der Waals surface area (Å²) in [5.74, 6) is 5.57. The smallest absolute Gasteiger partial charge is 0.0940 e. The highest BCUT2D eigenvalue weighted by Gasteiger charge is 2.12. The number of hydrogen-bond acceptors (Lipinski definition) is 4. The summed E-state index contributed by atoms with van der Waals surface area (Å²) in [6.45, 7) is 0. The van der Waals surface area contributed by atoms with E-state index in [2.05, 4.69) is 10.4 Å². The van der Waals surface area contributed by atoms with Gasteiger partial charge >= 0.3 is 0 Å². The van der Waals surface area contributed by atoms with Crippen LogP contribution in [-0.4, -0.2) is 11.0 Å². The minimum Gasteiger partial charge on any atom is -0.271 e. The Morgan fingerprint density at radius 2 is 2.17 bits per heavy atom. The predicted molar refractivity (Wildman–Crippen MR) is 77.1 cm³/mol. The molecule has 0 radical (unpaired) electrons. The van der Waals surface area contributed by atoms with Gasteiger partial charge in [0.1, 0.15) is 0 Å². The van der Waals surface area contributed by atoms with E-state index in [9.17, 15) is 0 Å². The van der Waals surface area contributed by atoms with Crippen LogP contribution >= 0.6 is 34.5 Å². The molecule has 1 aromatic heterocycles. The Labute approximate surface area is 120 Å². The predicted octanol–water partition coefficient (Wildman–Crippen LogP) is 3.07. The number of nitrogens with two attached hydrogens (primary N) is 1. The van der Waals surface area contributed by atoms with Gasteiger partial charge in [0.05, 0.1) is 5.01 Å². The van der Waals surface area contributed by atoms with Crippen molar-refractivity contribution in [3.8, 4) is 0 Å². The molecule has 2 rings (SSSR count). The maximum atomic E-state index is 6.15. The Kier molecular flexibility index (Phi) is 4.97. The maximum Gasteiger partial charge on any atom is 0.0940 e. The molecule has 1 heterocycles. The molecule has 0 aliphatic carbocycles. The van der Waals surface area contributed by atoms with Crippen molar-refractivity contribution in [1.29, 1.82) is 0 Å². The molecule has 0 bridgehead atoms. The number of nitrogens with zero attached hydrogens (tertiary/aromatic N) is 1. The topological polar surface area (TPSA) is 50.9 Å². The highest BCUT2D eigenvalue weighted by molar-refractivity contribution is 7.09. The van der Waals surface area contributed by atoms with Crippen molar-refractivity contribution >= 4 is 34.5 Å². The molecule has 0 spiro atoms. The van der Waals surface area contributed by atoms with Gasteiger partial charge in [0.15, 0.2) is 0 Å². The average Bonchev–Trinajstić information content (AvgIpc) is 2.84. The van der Waals surface area contributed by atoms with Crippen LogP contribution in [0.2, 0.25) is 10.0 Å². The molecule has 3 N–H and O–H groups in total. The van der Waals surface area contributed by atoms with Crippen molar-refractivity contribution in [3.63, 3.8) is 0 Å². The Balaban J connectivity index is 2.05. The van der Waals surface area contributed by atoms with Crippen LogP contribution in [0.25, 0.3) is 0 Å². The van der Waals surface area contributed by atoms with Gasteiger partial charge in [0.2, 0.25) is 0 Å². The van der Waals surface area contributed by atoms with Crippen molar-refractivity contribution in [2.24, 2.45) is 5.84 Å². The SMILES string of the molecule is NNC(Cc1nccs1)Cc1ccc(Cl)cc1Cl. The zero-order valence-corrected chi connectivity index (χ0v) is 11.9.